The number of amides is 1. The maximum Gasteiger partial charge on any atom is 0.348 e. The Morgan fingerprint density at radius 3 is 2.59 bits per heavy atom. The van der Waals surface area contributed by atoms with Gasteiger partial charge in [-0.05, 0) is 61.4 Å². The number of aromatic nitrogens is 3. The smallest absolute Gasteiger partial charge is 0.348 e. The number of nitrogens with zero attached hydrogens (tertiary/aromatic N) is 3. The molecule has 0 bridgehead atoms. The Balaban J connectivity index is 1.52. The highest BCUT2D eigenvalue weighted by molar-refractivity contribution is 6.30. The van der Waals surface area contributed by atoms with Gasteiger partial charge in [-0.2, -0.15) is 4.68 Å². The van der Waals surface area contributed by atoms with E-state index in [0.717, 1.165) is 12.8 Å². The molecule has 1 aliphatic heterocycles. The van der Waals surface area contributed by atoms with Crippen LogP contribution in [0.3, 0.4) is 0 Å². The van der Waals surface area contributed by atoms with E-state index in [9.17, 15) is 9.59 Å². The van der Waals surface area contributed by atoms with Crippen LogP contribution in [0.1, 0.15) is 34.9 Å². The zero-order valence-corrected chi connectivity index (χ0v) is 16.7. The number of H-pyrrole nitrogens is 1. The lowest BCUT2D eigenvalue weighted by atomic mass is 9.96. The summed E-state index contributed by atoms with van der Waals surface area (Å²) in [6, 6.07) is 14.0. The predicted molar refractivity (Wildman–Crippen MR) is 110 cm³/mol. The number of carbonyl (C=O) groups excluding carboxylic acids is 1. The standard InChI is InChI=1S/C21H21ClN4O3/c1-29-18-10-4-14(5-11-18)20(27)25-12-2-3-15(13-25)19-23-21(28)26(24-19)17-8-6-16(22)7-9-17/h4-11,15H,2-3,12-13H2,1H3,(H,23,24,28). The molecule has 0 radical (unpaired) electrons. The number of piperidine rings is 1. The third kappa shape index (κ3) is 4.05. The first-order valence-electron chi connectivity index (χ1n) is 9.43. The molecule has 150 valence electrons. The maximum absolute atomic E-state index is 12.9. The van der Waals surface area contributed by atoms with Crippen LogP contribution < -0.4 is 10.4 Å². The lowest BCUT2D eigenvalue weighted by Gasteiger charge is -2.31. The second kappa shape index (κ2) is 8.13. The van der Waals surface area contributed by atoms with Crippen LogP contribution in [0.2, 0.25) is 5.02 Å². The number of carbonyl (C=O) groups is 1. The second-order valence-electron chi connectivity index (χ2n) is 7.02. The quantitative estimate of drug-likeness (QED) is 0.713. The lowest BCUT2D eigenvalue weighted by Crippen LogP contribution is -2.39. The summed E-state index contributed by atoms with van der Waals surface area (Å²) >= 11 is 5.92. The van der Waals surface area contributed by atoms with Crippen molar-refractivity contribution in [2.24, 2.45) is 0 Å². The molecule has 1 N–H and O–H groups in total. The molecular weight excluding hydrogens is 392 g/mol. The molecule has 1 aliphatic rings. The molecular formula is C21H21ClN4O3. The number of likely N-dealkylation sites (tertiary alicyclic amines) is 1. The van der Waals surface area contributed by atoms with Crippen LogP contribution in [0.25, 0.3) is 5.69 Å². The summed E-state index contributed by atoms with van der Waals surface area (Å²) in [5, 5.41) is 5.07. The Morgan fingerprint density at radius 1 is 1.17 bits per heavy atom. The molecule has 3 aromatic rings. The highest BCUT2D eigenvalue weighted by atomic mass is 35.5. The molecule has 0 aliphatic carbocycles. The lowest BCUT2D eigenvalue weighted by molar-refractivity contribution is 0.0704. The van der Waals surface area contributed by atoms with Crippen molar-refractivity contribution in [2.45, 2.75) is 18.8 Å². The van der Waals surface area contributed by atoms with E-state index in [4.69, 9.17) is 16.3 Å². The van der Waals surface area contributed by atoms with Crippen LogP contribution in [0, 0.1) is 0 Å². The Kier molecular flexibility index (Phi) is 5.40. The first-order valence-corrected chi connectivity index (χ1v) is 9.81. The summed E-state index contributed by atoms with van der Waals surface area (Å²) in [4.78, 5) is 29.9. The van der Waals surface area contributed by atoms with Crippen LogP contribution >= 0.6 is 11.6 Å². The van der Waals surface area contributed by atoms with E-state index in [1.165, 1.54) is 4.68 Å². The summed E-state index contributed by atoms with van der Waals surface area (Å²) in [6.07, 6.45) is 1.71. The Morgan fingerprint density at radius 2 is 1.90 bits per heavy atom. The average molecular weight is 413 g/mol. The first kappa shape index (κ1) is 19.3. The SMILES string of the molecule is COc1ccc(C(=O)N2CCCC(c3nn(-c4ccc(Cl)cc4)c(=O)[nH]3)C2)cc1. The van der Waals surface area contributed by atoms with E-state index in [-0.39, 0.29) is 17.5 Å². The largest absolute Gasteiger partial charge is 0.497 e. The summed E-state index contributed by atoms with van der Waals surface area (Å²) < 4.78 is 6.48. The summed E-state index contributed by atoms with van der Waals surface area (Å²) in [5.74, 6) is 1.25. The van der Waals surface area contributed by atoms with Gasteiger partial charge in [0.05, 0.1) is 12.8 Å². The average Bonchev–Trinajstić information content (AvgIpc) is 3.15. The molecule has 1 fully saturated rings. The summed E-state index contributed by atoms with van der Waals surface area (Å²) in [7, 11) is 1.59. The molecule has 29 heavy (non-hydrogen) atoms. The molecule has 2 heterocycles. The second-order valence-corrected chi connectivity index (χ2v) is 7.46. The van der Waals surface area contributed by atoms with E-state index in [1.54, 1.807) is 55.6 Å². The predicted octanol–water partition coefficient (Wildman–Crippen LogP) is 3.24. The van der Waals surface area contributed by atoms with E-state index in [0.29, 0.717) is 40.9 Å². The summed E-state index contributed by atoms with van der Waals surface area (Å²) in [5.41, 5.74) is 0.955. The first-order chi connectivity index (χ1) is 14.0. The van der Waals surface area contributed by atoms with E-state index in [2.05, 4.69) is 10.1 Å². The maximum atomic E-state index is 12.9. The molecule has 1 atom stereocenters. The van der Waals surface area contributed by atoms with Gasteiger partial charge in [0.25, 0.3) is 5.91 Å². The van der Waals surface area contributed by atoms with E-state index < -0.39 is 0 Å². The Bertz CT molecular complexity index is 1060. The van der Waals surface area contributed by atoms with Gasteiger partial charge in [-0.15, -0.1) is 5.10 Å². The van der Waals surface area contributed by atoms with Crippen molar-refractivity contribution >= 4 is 17.5 Å². The molecule has 0 saturated carbocycles. The van der Waals surface area contributed by atoms with Crippen LogP contribution in [-0.2, 0) is 0 Å². The fraction of sp³-hybridized carbons (Fsp3) is 0.286. The molecule has 1 amide bonds. The molecule has 1 unspecified atom stereocenters. The van der Waals surface area contributed by atoms with Gasteiger partial charge in [0.15, 0.2) is 0 Å². The number of hydrogen-bond acceptors (Lipinski definition) is 4. The minimum absolute atomic E-state index is 0.0211. The van der Waals surface area contributed by atoms with E-state index >= 15 is 0 Å². The molecule has 1 aromatic heterocycles. The zero-order valence-electron chi connectivity index (χ0n) is 16.0. The normalized spacial score (nSPS) is 16.6. The van der Waals surface area contributed by atoms with Crippen molar-refractivity contribution in [2.75, 3.05) is 20.2 Å². The summed E-state index contributed by atoms with van der Waals surface area (Å²) in [6.45, 7) is 1.20. The van der Waals surface area contributed by atoms with Crippen molar-refractivity contribution in [1.82, 2.24) is 19.7 Å². The fourth-order valence-corrected chi connectivity index (χ4v) is 3.71. The number of rotatable bonds is 4. The van der Waals surface area contributed by atoms with Crippen LogP contribution in [0.5, 0.6) is 5.75 Å². The molecule has 7 nitrogen and oxygen atoms in total. The van der Waals surface area contributed by atoms with Crippen LogP contribution in [-0.4, -0.2) is 45.8 Å². The van der Waals surface area contributed by atoms with Crippen molar-refractivity contribution in [3.8, 4) is 11.4 Å². The van der Waals surface area contributed by atoms with Crippen LogP contribution in [0.15, 0.2) is 53.3 Å². The van der Waals surface area contributed by atoms with Gasteiger partial charge in [0.1, 0.15) is 11.6 Å². The third-order valence-electron chi connectivity index (χ3n) is 5.14. The molecule has 0 spiro atoms. The monoisotopic (exact) mass is 412 g/mol. The van der Waals surface area contributed by atoms with Gasteiger partial charge in [-0.3, -0.25) is 9.78 Å². The number of methoxy groups -OCH3 is 1. The molecule has 2 aromatic carbocycles. The van der Waals surface area contributed by atoms with Crippen molar-refractivity contribution in [3.05, 3.63) is 75.4 Å². The third-order valence-corrected chi connectivity index (χ3v) is 5.39. The highest BCUT2D eigenvalue weighted by Gasteiger charge is 2.28. The topological polar surface area (TPSA) is 80.2 Å². The van der Waals surface area contributed by atoms with Gasteiger partial charge in [-0.25, -0.2) is 4.79 Å². The number of aromatic amines is 1. The Labute approximate surface area is 172 Å². The minimum atomic E-state index is -0.305. The number of hydrogen-bond donors (Lipinski definition) is 1. The van der Waals surface area contributed by atoms with Crippen molar-refractivity contribution in [3.63, 3.8) is 0 Å². The van der Waals surface area contributed by atoms with Gasteiger partial charge >= 0.3 is 5.69 Å². The molecule has 8 heteroatoms. The number of nitrogens with one attached hydrogen (secondary N) is 1. The number of halogens is 1. The Hall–Kier alpha value is -3.06. The van der Waals surface area contributed by atoms with Gasteiger partial charge in [0.2, 0.25) is 0 Å². The van der Waals surface area contributed by atoms with E-state index in [1.807, 2.05) is 4.90 Å². The van der Waals surface area contributed by atoms with Gasteiger partial charge in [-0.1, -0.05) is 11.6 Å². The van der Waals surface area contributed by atoms with Crippen LogP contribution in [0.4, 0.5) is 0 Å². The fourth-order valence-electron chi connectivity index (χ4n) is 3.58. The number of benzene rings is 2. The van der Waals surface area contributed by atoms with Gasteiger partial charge in [0, 0.05) is 29.6 Å². The zero-order chi connectivity index (χ0) is 20.4. The van der Waals surface area contributed by atoms with Gasteiger partial charge < -0.3 is 9.64 Å². The highest BCUT2D eigenvalue weighted by Crippen LogP contribution is 2.26. The molecule has 1 saturated heterocycles. The number of ether oxygens (including phenoxy) is 1. The van der Waals surface area contributed by atoms with Crippen molar-refractivity contribution in [1.29, 1.82) is 0 Å². The molecule has 4 rings (SSSR count). The van der Waals surface area contributed by atoms with Crippen molar-refractivity contribution < 1.29 is 9.53 Å². The minimum Gasteiger partial charge on any atom is -0.497 e.